The van der Waals surface area contributed by atoms with Crippen molar-refractivity contribution >= 4 is 33.2 Å². The summed E-state index contributed by atoms with van der Waals surface area (Å²) in [7, 11) is -0.618. The Morgan fingerprint density at radius 1 is 0.974 bits per heavy atom. The third-order valence-corrected chi connectivity index (χ3v) is 8.60. The third-order valence-electron chi connectivity index (χ3n) is 6.53. The van der Waals surface area contributed by atoms with Crippen LogP contribution >= 0.6 is 11.6 Å². The Labute approximate surface area is 229 Å². The number of anilines is 1. The first-order valence-electron chi connectivity index (χ1n) is 12.4. The zero-order valence-corrected chi connectivity index (χ0v) is 23.3. The van der Waals surface area contributed by atoms with Gasteiger partial charge in [-0.05, 0) is 73.7 Å². The quantitative estimate of drug-likeness (QED) is 0.385. The summed E-state index contributed by atoms with van der Waals surface area (Å²) >= 11 is 5.92. The molecule has 1 heterocycles. The molecule has 1 amide bonds. The fourth-order valence-electron chi connectivity index (χ4n) is 4.39. The highest BCUT2D eigenvalue weighted by molar-refractivity contribution is 7.89. The maximum Gasteiger partial charge on any atom is 0.253 e. The predicted molar refractivity (Wildman–Crippen MR) is 149 cm³/mol. The molecule has 0 spiro atoms. The number of carbonyl (C=O) groups is 1. The van der Waals surface area contributed by atoms with E-state index in [0.717, 1.165) is 11.4 Å². The molecule has 1 aliphatic rings. The fourth-order valence-corrected chi connectivity index (χ4v) is 5.66. The maximum atomic E-state index is 13.4. The number of hydrogen-bond donors (Lipinski definition) is 0. The largest absolute Gasteiger partial charge is 0.497 e. The van der Waals surface area contributed by atoms with E-state index >= 15 is 0 Å². The Morgan fingerprint density at radius 2 is 1.63 bits per heavy atom. The van der Waals surface area contributed by atoms with Crippen LogP contribution in [0.15, 0.2) is 71.6 Å². The van der Waals surface area contributed by atoms with Crippen LogP contribution in [0.1, 0.15) is 22.8 Å². The number of ether oxygens (including phenoxy) is 2. The van der Waals surface area contributed by atoms with Gasteiger partial charge >= 0.3 is 0 Å². The molecule has 8 nitrogen and oxygen atoms in total. The summed E-state index contributed by atoms with van der Waals surface area (Å²) in [6, 6.07) is 19.1. The van der Waals surface area contributed by atoms with E-state index in [1.807, 2.05) is 36.1 Å². The molecule has 1 aliphatic heterocycles. The van der Waals surface area contributed by atoms with Crippen molar-refractivity contribution in [1.29, 1.82) is 0 Å². The molecule has 0 saturated carbocycles. The van der Waals surface area contributed by atoms with Crippen LogP contribution in [0.4, 0.5) is 5.69 Å². The number of nitrogens with zero attached hydrogens (tertiary/aromatic N) is 3. The summed E-state index contributed by atoms with van der Waals surface area (Å²) in [6.07, 6.45) is 0. The van der Waals surface area contributed by atoms with E-state index in [4.69, 9.17) is 21.1 Å². The summed E-state index contributed by atoms with van der Waals surface area (Å²) in [5.41, 5.74) is 2.21. The number of amides is 1. The first kappa shape index (κ1) is 27.8. The van der Waals surface area contributed by atoms with Gasteiger partial charge in [-0.15, -0.1) is 0 Å². The van der Waals surface area contributed by atoms with Crippen molar-refractivity contribution in [1.82, 2.24) is 9.21 Å². The Bertz CT molecular complexity index is 1360. The van der Waals surface area contributed by atoms with Crippen molar-refractivity contribution in [3.8, 4) is 11.5 Å². The molecule has 1 saturated heterocycles. The summed E-state index contributed by atoms with van der Waals surface area (Å²) in [6.45, 7) is 4.91. The molecule has 202 valence electrons. The van der Waals surface area contributed by atoms with Gasteiger partial charge in [-0.2, -0.15) is 4.31 Å². The Hall–Kier alpha value is -3.27. The molecule has 0 aliphatic carbocycles. The highest BCUT2D eigenvalue weighted by Gasteiger charge is 2.25. The van der Waals surface area contributed by atoms with Gasteiger partial charge in [-0.1, -0.05) is 11.6 Å². The number of benzene rings is 3. The molecule has 0 bridgehead atoms. The van der Waals surface area contributed by atoms with Crippen LogP contribution < -0.4 is 14.4 Å². The van der Waals surface area contributed by atoms with Crippen molar-refractivity contribution in [2.24, 2.45) is 0 Å². The molecule has 0 unspecified atom stereocenters. The minimum absolute atomic E-state index is 0.0483. The van der Waals surface area contributed by atoms with Gasteiger partial charge in [0.05, 0.1) is 18.6 Å². The van der Waals surface area contributed by atoms with E-state index in [1.165, 1.54) is 23.5 Å². The van der Waals surface area contributed by atoms with Crippen LogP contribution in [0, 0.1) is 0 Å². The molecule has 1 fully saturated rings. The molecular weight excluding hydrogens is 526 g/mol. The summed E-state index contributed by atoms with van der Waals surface area (Å²) < 4.78 is 38.5. The van der Waals surface area contributed by atoms with E-state index in [1.54, 1.807) is 37.4 Å². The second kappa shape index (κ2) is 12.1. The molecule has 3 aromatic carbocycles. The van der Waals surface area contributed by atoms with Crippen molar-refractivity contribution < 1.29 is 22.7 Å². The van der Waals surface area contributed by atoms with Crippen LogP contribution in [0.5, 0.6) is 11.5 Å². The molecule has 10 heteroatoms. The third kappa shape index (κ3) is 6.23. The molecular formula is C28H32ClN3O5S. The first-order chi connectivity index (χ1) is 18.2. The molecule has 4 rings (SSSR count). The van der Waals surface area contributed by atoms with Crippen LogP contribution in [-0.2, 0) is 16.6 Å². The second-order valence-corrected chi connectivity index (χ2v) is 11.4. The first-order valence-corrected chi connectivity index (χ1v) is 14.2. The van der Waals surface area contributed by atoms with Gasteiger partial charge in [0.1, 0.15) is 11.5 Å². The van der Waals surface area contributed by atoms with E-state index in [-0.39, 0.29) is 17.3 Å². The van der Waals surface area contributed by atoms with Crippen LogP contribution in [-0.4, -0.2) is 70.5 Å². The smallest absolute Gasteiger partial charge is 0.253 e. The zero-order chi connectivity index (χ0) is 27.3. The molecule has 0 N–H and O–H groups in total. The minimum Gasteiger partial charge on any atom is -0.497 e. The number of rotatable bonds is 9. The second-order valence-electron chi connectivity index (χ2n) is 8.95. The molecule has 38 heavy (non-hydrogen) atoms. The van der Waals surface area contributed by atoms with Crippen molar-refractivity contribution in [2.75, 3.05) is 51.8 Å². The van der Waals surface area contributed by atoms with Gasteiger partial charge in [0.15, 0.2) is 0 Å². The predicted octanol–water partition coefficient (Wildman–Crippen LogP) is 4.53. The van der Waals surface area contributed by atoms with Crippen molar-refractivity contribution in [3.05, 3.63) is 82.9 Å². The number of methoxy groups -OCH3 is 1. The van der Waals surface area contributed by atoms with E-state index in [0.29, 0.717) is 54.7 Å². The monoisotopic (exact) mass is 557 g/mol. The van der Waals surface area contributed by atoms with E-state index in [2.05, 4.69) is 4.90 Å². The summed E-state index contributed by atoms with van der Waals surface area (Å²) in [5, 5.41) is 0.460. The number of halogens is 1. The van der Waals surface area contributed by atoms with Gasteiger partial charge < -0.3 is 19.3 Å². The van der Waals surface area contributed by atoms with Gasteiger partial charge in [-0.25, -0.2) is 8.42 Å². The number of hydrogen-bond acceptors (Lipinski definition) is 6. The fraction of sp³-hybridized carbons (Fsp3) is 0.321. The van der Waals surface area contributed by atoms with Crippen molar-refractivity contribution in [2.45, 2.75) is 18.4 Å². The van der Waals surface area contributed by atoms with Gasteiger partial charge in [-0.3, -0.25) is 4.79 Å². The van der Waals surface area contributed by atoms with Crippen LogP contribution in [0.2, 0.25) is 5.02 Å². The van der Waals surface area contributed by atoms with Crippen LogP contribution in [0.25, 0.3) is 0 Å². The zero-order valence-electron chi connectivity index (χ0n) is 21.8. The number of sulfonamides is 1. The standard InChI is InChI=1S/C28H32ClN3O5S/c1-4-37-27-14-5-21(19-22(27)20-30(2)38(34,35)26-12-6-23(29)7-13-26)28(33)32-17-15-31(16-18-32)24-8-10-25(36-3)11-9-24/h5-14,19H,4,15-18,20H2,1-3H3. The SMILES string of the molecule is CCOc1ccc(C(=O)N2CCN(c3ccc(OC)cc3)CC2)cc1CN(C)S(=O)(=O)c1ccc(Cl)cc1. The maximum absolute atomic E-state index is 13.4. The summed E-state index contributed by atoms with van der Waals surface area (Å²) in [5.74, 6) is 1.26. The van der Waals surface area contributed by atoms with Gasteiger partial charge in [0.2, 0.25) is 10.0 Å². The Kier molecular flexibility index (Phi) is 8.81. The molecule has 3 aromatic rings. The Morgan fingerprint density at radius 3 is 2.24 bits per heavy atom. The lowest BCUT2D eigenvalue weighted by Gasteiger charge is -2.36. The minimum atomic E-state index is -3.77. The van der Waals surface area contributed by atoms with Crippen LogP contribution in [0.3, 0.4) is 0 Å². The highest BCUT2D eigenvalue weighted by atomic mass is 35.5. The Balaban J connectivity index is 1.48. The lowest BCUT2D eigenvalue weighted by molar-refractivity contribution is 0.0746. The lowest BCUT2D eigenvalue weighted by Crippen LogP contribution is -2.48. The highest BCUT2D eigenvalue weighted by Crippen LogP contribution is 2.27. The van der Waals surface area contributed by atoms with Gasteiger partial charge in [0, 0.05) is 61.6 Å². The number of carbonyl (C=O) groups excluding carboxylic acids is 1. The van der Waals surface area contributed by atoms with Gasteiger partial charge in [0.25, 0.3) is 5.91 Å². The molecule has 0 atom stereocenters. The lowest BCUT2D eigenvalue weighted by atomic mass is 10.1. The topological polar surface area (TPSA) is 79.4 Å². The van der Waals surface area contributed by atoms with E-state index in [9.17, 15) is 13.2 Å². The summed E-state index contributed by atoms with van der Waals surface area (Å²) in [4.78, 5) is 17.6. The van der Waals surface area contributed by atoms with E-state index < -0.39 is 10.0 Å². The molecule has 0 aromatic heterocycles. The number of piperazine rings is 1. The normalized spacial score (nSPS) is 14.0. The average Bonchev–Trinajstić information content (AvgIpc) is 2.94. The average molecular weight is 558 g/mol. The van der Waals surface area contributed by atoms with Crippen molar-refractivity contribution in [3.63, 3.8) is 0 Å². The molecule has 0 radical (unpaired) electrons.